The first-order valence-electron chi connectivity index (χ1n) is 10.1. The highest BCUT2D eigenvalue weighted by Gasteiger charge is 2.12. The van der Waals surface area contributed by atoms with Crippen LogP contribution in [0.2, 0.25) is 0 Å². The summed E-state index contributed by atoms with van der Waals surface area (Å²) in [6.07, 6.45) is -0.00472. The van der Waals surface area contributed by atoms with Crippen molar-refractivity contribution >= 4 is 29.1 Å². The summed E-state index contributed by atoms with van der Waals surface area (Å²) in [5.74, 6) is 0.677. The molecule has 0 bridgehead atoms. The normalized spacial score (nSPS) is 10.5. The molecule has 0 aliphatic heterocycles. The molecule has 0 aliphatic rings. The molecule has 0 saturated carbocycles. The molecular weight excluding hydrogens is 414 g/mol. The maximum absolute atomic E-state index is 12.4. The summed E-state index contributed by atoms with van der Waals surface area (Å²) >= 11 is 5.07. The van der Waals surface area contributed by atoms with Crippen LogP contribution in [0.25, 0.3) is 0 Å². The molecule has 2 aromatic carbocycles. The molecule has 31 heavy (non-hydrogen) atoms. The van der Waals surface area contributed by atoms with Gasteiger partial charge in [0.05, 0.1) is 6.10 Å². The summed E-state index contributed by atoms with van der Waals surface area (Å²) in [6.45, 7) is 9.70. The fraction of sp³-hybridized carbons (Fsp3) is 0.348. The van der Waals surface area contributed by atoms with Crippen LogP contribution < -0.4 is 25.6 Å². The first-order valence-corrected chi connectivity index (χ1v) is 10.5. The predicted octanol–water partition coefficient (Wildman–Crippen LogP) is 3.62. The number of carbonyl (C=O) groups excluding carboxylic acids is 2. The Morgan fingerprint density at radius 3 is 2.45 bits per heavy atom. The number of hydrogen-bond acceptors (Lipinski definition) is 5. The zero-order valence-electron chi connectivity index (χ0n) is 18.4. The third-order valence-corrected chi connectivity index (χ3v) is 4.36. The lowest BCUT2D eigenvalue weighted by Gasteiger charge is -2.15. The van der Waals surface area contributed by atoms with Crippen molar-refractivity contribution < 1.29 is 19.1 Å². The molecule has 0 saturated heterocycles. The van der Waals surface area contributed by atoms with E-state index in [1.165, 1.54) is 0 Å². The van der Waals surface area contributed by atoms with Crippen LogP contribution in [0.15, 0.2) is 42.5 Å². The van der Waals surface area contributed by atoms with Crippen molar-refractivity contribution in [3.8, 4) is 11.5 Å². The van der Waals surface area contributed by atoms with Crippen LogP contribution in [0, 0.1) is 6.92 Å². The van der Waals surface area contributed by atoms with Crippen molar-refractivity contribution in [2.24, 2.45) is 0 Å². The SMILES string of the molecule is Cc1ccc(C(C)C)c(OCC(=O)NNC(=S)NC(=O)c2cccc(OC(C)C)c2)c1. The van der Waals surface area contributed by atoms with Gasteiger partial charge in [-0.3, -0.25) is 25.8 Å². The van der Waals surface area contributed by atoms with Gasteiger partial charge < -0.3 is 9.47 Å². The first-order chi connectivity index (χ1) is 14.7. The molecule has 0 aromatic heterocycles. The molecule has 166 valence electrons. The van der Waals surface area contributed by atoms with Gasteiger partial charge in [-0.25, -0.2) is 0 Å². The fourth-order valence-electron chi connectivity index (χ4n) is 2.74. The molecule has 2 rings (SSSR count). The second-order valence-electron chi connectivity index (χ2n) is 7.64. The van der Waals surface area contributed by atoms with Gasteiger partial charge in [0.25, 0.3) is 11.8 Å². The quantitative estimate of drug-likeness (QED) is 0.447. The number of rotatable bonds is 7. The highest BCUT2D eigenvalue weighted by molar-refractivity contribution is 7.80. The second kappa shape index (κ2) is 11.3. The van der Waals surface area contributed by atoms with Crippen LogP contribution in [-0.2, 0) is 4.79 Å². The topological polar surface area (TPSA) is 88.7 Å². The number of benzene rings is 2. The molecule has 3 N–H and O–H groups in total. The second-order valence-corrected chi connectivity index (χ2v) is 8.04. The van der Waals surface area contributed by atoms with Crippen molar-refractivity contribution in [3.05, 3.63) is 59.2 Å². The average Bonchev–Trinajstić information content (AvgIpc) is 2.70. The lowest BCUT2D eigenvalue weighted by molar-refractivity contribution is -0.123. The minimum absolute atomic E-state index is 0.00472. The zero-order valence-corrected chi connectivity index (χ0v) is 19.3. The first kappa shape index (κ1) is 24.1. The van der Waals surface area contributed by atoms with E-state index in [9.17, 15) is 9.59 Å². The van der Waals surface area contributed by atoms with E-state index in [4.69, 9.17) is 21.7 Å². The van der Waals surface area contributed by atoms with Crippen LogP contribution in [0.3, 0.4) is 0 Å². The van der Waals surface area contributed by atoms with E-state index in [-0.39, 0.29) is 23.7 Å². The molecule has 0 atom stereocenters. The van der Waals surface area contributed by atoms with Gasteiger partial charge in [-0.05, 0) is 74.3 Å². The van der Waals surface area contributed by atoms with Gasteiger partial charge in [-0.15, -0.1) is 0 Å². The van der Waals surface area contributed by atoms with Crippen LogP contribution in [0.1, 0.15) is 55.1 Å². The van der Waals surface area contributed by atoms with Gasteiger partial charge in [0.15, 0.2) is 11.7 Å². The highest BCUT2D eigenvalue weighted by atomic mass is 32.1. The molecule has 8 heteroatoms. The summed E-state index contributed by atoms with van der Waals surface area (Å²) < 4.78 is 11.3. The molecule has 0 unspecified atom stereocenters. The number of hydrazine groups is 1. The van der Waals surface area contributed by atoms with Gasteiger partial charge in [0.1, 0.15) is 11.5 Å². The lowest BCUT2D eigenvalue weighted by Crippen LogP contribution is -2.49. The van der Waals surface area contributed by atoms with Crippen molar-refractivity contribution in [3.63, 3.8) is 0 Å². The minimum Gasteiger partial charge on any atom is -0.491 e. The largest absolute Gasteiger partial charge is 0.491 e. The van der Waals surface area contributed by atoms with Crippen LogP contribution in [0.4, 0.5) is 0 Å². The maximum Gasteiger partial charge on any atom is 0.276 e. The number of ether oxygens (including phenoxy) is 2. The van der Waals surface area contributed by atoms with Gasteiger partial charge in [0, 0.05) is 5.56 Å². The number of carbonyl (C=O) groups is 2. The number of amides is 2. The monoisotopic (exact) mass is 443 g/mol. The van der Waals surface area contributed by atoms with Crippen LogP contribution in [0.5, 0.6) is 11.5 Å². The van der Waals surface area contributed by atoms with Gasteiger partial charge in [-0.2, -0.15) is 0 Å². The Bertz CT molecular complexity index is 944. The van der Waals surface area contributed by atoms with Crippen LogP contribution in [-0.4, -0.2) is 29.6 Å². The lowest BCUT2D eigenvalue weighted by atomic mass is 10.0. The molecule has 0 radical (unpaired) electrons. The fourth-order valence-corrected chi connectivity index (χ4v) is 2.88. The van der Waals surface area contributed by atoms with Crippen molar-refractivity contribution in [1.82, 2.24) is 16.2 Å². The Morgan fingerprint density at radius 1 is 1.03 bits per heavy atom. The zero-order chi connectivity index (χ0) is 23.0. The molecule has 7 nitrogen and oxygen atoms in total. The van der Waals surface area contributed by atoms with Crippen molar-refractivity contribution in [2.75, 3.05) is 6.61 Å². The number of aryl methyl sites for hydroxylation is 1. The molecule has 2 aromatic rings. The maximum atomic E-state index is 12.4. The Kier molecular flexibility index (Phi) is 8.81. The Morgan fingerprint density at radius 2 is 1.77 bits per heavy atom. The highest BCUT2D eigenvalue weighted by Crippen LogP contribution is 2.27. The van der Waals surface area contributed by atoms with Crippen molar-refractivity contribution in [1.29, 1.82) is 0 Å². The molecule has 0 heterocycles. The number of hydrogen-bond donors (Lipinski definition) is 3. The standard InChI is InChI=1S/C23H29N3O4S/c1-14(2)19-10-9-16(5)11-20(19)29-13-21(27)25-26-23(31)24-22(28)17-7-6-8-18(12-17)30-15(3)4/h6-12,14-15H,13H2,1-5H3,(H,25,27)(H2,24,26,28,31). The molecule has 2 amide bonds. The molecule has 0 aliphatic carbocycles. The van der Waals surface area contributed by atoms with Crippen LogP contribution >= 0.6 is 12.2 Å². The predicted molar refractivity (Wildman–Crippen MR) is 124 cm³/mol. The van der Waals surface area contributed by atoms with E-state index in [1.807, 2.05) is 39.0 Å². The van der Waals surface area contributed by atoms with E-state index in [2.05, 4.69) is 30.0 Å². The molecule has 0 spiro atoms. The smallest absolute Gasteiger partial charge is 0.276 e. The Labute approximate surface area is 188 Å². The summed E-state index contributed by atoms with van der Waals surface area (Å²) in [6, 6.07) is 12.7. The van der Waals surface area contributed by atoms with Gasteiger partial charge in [-0.1, -0.05) is 32.0 Å². The van der Waals surface area contributed by atoms with Gasteiger partial charge >= 0.3 is 0 Å². The van der Waals surface area contributed by atoms with E-state index in [0.29, 0.717) is 17.1 Å². The summed E-state index contributed by atoms with van der Waals surface area (Å²) in [5, 5.41) is 2.47. The molecule has 0 fully saturated rings. The number of nitrogens with one attached hydrogen (secondary N) is 3. The van der Waals surface area contributed by atoms with E-state index >= 15 is 0 Å². The Hall–Kier alpha value is -3.13. The minimum atomic E-state index is -0.430. The third-order valence-electron chi connectivity index (χ3n) is 4.16. The average molecular weight is 444 g/mol. The van der Waals surface area contributed by atoms with E-state index < -0.39 is 11.8 Å². The van der Waals surface area contributed by atoms with Gasteiger partial charge in [0.2, 0.25) is 0 Å². The Balaban J connectivity index is 1.83. The van der Waals surface area contributed by atoms with E-state index in [0.717, 1.165) is 11.1 Å². The van der Waals surface area contributed by atoms with Crippen molar-refractivity contribution in [2.45, 2.75) is 46.6 Å². The number of thiocarbonyl (C=S) groups is 1. The third kappa shape index (κ3) is 7.90. The van der Waals surface area contributed by atoms with E-state index in [1.54, 1.807) is 24.3 Å². The summed E-state index contributed by atoms with van der Waals surface area (Å²) in [7, 11) is 0. The summed E-state index contributed by atoms with van der Waals surface area (Å²) in [5.41, 5.74) is 7.38. The summed E-state index contributed by atoms with van der Waals surface area (Å²) in [4.78, 5) is 24.5. The molecular formula is C23H29N3O4S.